The normalized spacial score (nSPS) is 12.2. The number of aromatic nitrogens is 1. The second-order valence-corrected chi connectivity index (χ2v) is 3.46. The number of aliphatic hydroxyl groups is 1. The monoisotopic (exact) mass is 209 g/mol. The van der Waals surface area contributed by atoms with Gasteiger partial charge in [0.25, 0.3) is 5.91 Å². The lowest BCUT2D eigenvalue weighted by Gasteiger charge is -2.09. The van der Waals surface area contributed by atoms with Gasteiger partial charge in [-0.25, -0.2) is 0 Å². The summed E-state index contributed by atoms with van der Waals surface area (Å²) in [4.78, 5) is 15.6. The van der Waals surface area contributed by atoms with Crippen LogP contribution >= 0.6 is 0 Å². The molecule has 5 heteroatoms. The summed E-state index contributed by atoms with van der Waals surface area (Å²) >= 11 is 0. The number of carbonyl (C=O) groups excluding carboxylic acids is 1. The van der Waals surface area contributed by atoms with E-state index in [-0.39, 0.29) is 12.5 Å². The van der Waals surface area contributed by atoms with E-state index in [1.54, 1.807) is 19.9 Å². The van der Waals surface area contributed by atoms with Gasteiger partial charge in [0.05, 0.1) is 29.2 Å². The molecule has 0 radical (unpaired) electrons. The number of nitrogens with zero attached hydrogens (tertiary/aromatic N) is 1. The van der Waals surface area contributed by atoms with Crippen molar-refractivity contribution in [1.29, 1.82) is 0 Å². The molecular weight excluding hydrogens is 194 g/mol. The van der Waals surface area contributed by atoms with Crippen molar-refractivity contribution in [2.24, 2.45) is 0 Å². The van der Waals surface area contributed by atoms with Gasteiger partial charge in [-0.3, -0.25) is 9.78 Å². The maximum atomic E-state index is 11.6. The first-order valence-corrected chi connectivity index (χ1v) is 4.69. The minimum absolute atomic E-state index is 0.215. The molecule has 82 valence electrons. The molecule has 0 saturated carbocycles. The molecule has 5 nitrogen and oxygen atoms in total. The first-order chi connectivity index (χ1) is 7.00. The van der Waals surface area contributed by atoms with Gasteiger partial charge in [-0.1, -0.05) is 0 Å². The number of aliphatic hydroxyl groups excluding tert-OH is 1. The number of nitrogen functional groups attached to an aromatic ring is 1. The number of hydrogen-bond acceptors (Lipinski definition) is 4. The van der Waals surface area contributed by atoms with Crippen molar-refractivity contribution in [2.75, 3.05) is 12.3 Å². The lowest BCUT2D eigenvalue weighted by atomic mass is 10.2. The molecule has 15 heavy (non-hydrogen) atoms. The van der Waals surface area contributed by atoms with Gasteiger partial charge in [-0.2, -0.15) is 0 Å². The van der Waals surface area contributed by atoms with Gasteiger partial charge < -0.3 is 16.2 Å². The molecule has 0 bridgehead atoms. The molecule has 0 saturated heterocycles. The largest absolute Gasteiger partial charge is 0.397 e. The number of rotatable bonds is 3. The summed E-state index contributed by atoms with van der Waals surface area (Å²) in [5, 5.41) is 11.6. The number of pyridine rings is 1. The number of nitrogens with two attached hydrogens (primary N) is 1. The highest BCUT2D eigenvalue weighted by Crippen LogP contribution is 2.08. The van der Waals surface area contributed by atoms with Crippen LogP contribution in [0.4, 0.5) is 5.69 Å². The Labute approximate surface area is 88.3 Å². The van der Waals surface area contributed by atoms with Crippen LogP contribution in [0.5, 0.6) is 0 Å². The van der Waals surface area contributed by atoms with Crippen molar-refractivity contribution < 1.29 is 9.90 Å². The van der Waals surface area contributed by atoms with Crippen LogP contribution in [0.15, 0.2) is 12.3 Å². The smallest absolute Gasteiger partial charge is 0.253 e. The lowest BCUT2D eigenvalue weighted by Crippen LogP contribution is -2.31. The topological polar surface area (TPSA) is 88.2 Å². The van der Waals surface area contributed by atoms with Crippen molar-refractivity contribution in [3.8, 4) is 0 Å². The average Bonchev–Trinajstić information content (AvgIpc) is 2.18. The molecule has 4 N–H and O–H groups in total. The molecule has 0 fully saturated rings. The van der Waals surface area contributed by atoms with E-state index < -0.39 is 6.10 Å². The fourth-order valence-electron chi connectivity index (χ4n) is 1.11. The molecular formula is C10H15N3O2. The van der Waals surface area contributed by atoms with E-state index in [0.717, 1.165) is 0 Å². The Morgan fingerprint density at radius 1 is 1.73 bits per heavy atom. The predicted octanol–water partition coefficient (Wildman–Crippen LogP) is 0.0828. The third-order valence-corrected chi connectivity index (χ3v) is 1.91. The van der Waals surface area contributed by atoms with Gasteiger partial charge in [-0.05, 0) is 19.9 Å². The van der Waals surface area contributed by atoms with Crippen LogP contribution in [0.1, 0.15) is 23.0 Å². The third kappa shape index (κ3) is 3.21. The van der Waals surface area contributed by atoms with E-state index in [2.05, 4.69) is 10.3 Å². The first-order valence-electron chi connectivity index (χ1n) is 4.69. The zero-order valence-electron chi connectivity index (χ0n) is 8.82. The van der Waals surface area contributed by atoms with Crippen molar-refractivity contribution >= 4 is 11.6 Å². The van der Waals surface area contributed by atoms with Crippen molar-refractivity contribution in [3.05, 3.63) is 23.5 Å². The SMILES string of the molecule is Cc1ncc(N)cc1C(=O)NCC(C)O. The Kier molecular flexibility index (Phi) is 3.62. The molecule has 0 spiro atoms. The molecule has 0 aromatic carbocycles. The Morgan fingerprint density at radius 2 is 2.40 bits per heavy atom. The molecule has 1 amide bonds. The molecule has 1 aromatic heterocycles. The van der Waals surface area contributed by atoms with Crippen LogP contribution in [0, 0.1) is 6.92 Å². The Morgan fingerprint density at radius 3 is 3.00 bits per heavy atom. The highest BCUT2D eigenvalue weighted by atomic mass is 16.3. The average molecular weight is 209 g/mol. The van der Waals surface area contributed by atoms with Crippen LogP contribution < -0.4 is 11.1 Å². The zero-order valence-corrected chi connectivity index (χ0v) is 8.82. The summed E-state index contributed by atoms with van der Waals surface area (Å²) in [7, 11) is 0. The number of hydrogen-bond donors (Lipinski definition) is 3. The van der Waals surface area contributed by atoms with E-state index in [1.807, 2.05) is 0 Å². The van der Waals surface area contributed by atoms with Gasteiger partial charge in [0, 0.05) is 6.54 Å². The van der Waals surface area contributed by atoms with Gasteiger partial charge in [-0.15, -0.1) is 0 Å². The van der Waals surface area contributed by atoms with Crippen LogP contribution in [-0.2, 0) is 0 Å². The van der Waals surface area contributed by atoms with E-state index in [1.165, 1.54) is 6.20 Å². The molecule has 0 aliphatic rings. The van der Waals surface area contributed by atoms with Gasteiger partial charge in [0.15, 0.2) is 0 Å². The maximum absolute atomic E-state index is 11.6. The minimum Gasteiger partial charge on any atom is -0.397 e. The van der Waals surface area contributed by atoms with Crippen LogP contribution in [0.3, 0.4) is 0 Å². The third-order valence-electron chi connectivity index (χ3n) is 1.91. The summed E-state index contributed by atoms with van der Waals surface area (Å²) in [5.41, 5.74) is 7.03. The molecule has 1 atom stereocenters. The van der Waals surface area contributed by atoms with Gasteiger partial charge in [0.2, 0.25) is 0 Å². The molecule has 1 aromatic rings. The van der Waals surface area contributed by atoms with Gasteiger partial charge >= 0.3 is 0 Å². The number of aryl methyl sites for hydroxylation is 1. The summed E-state index contributed by atoms with van der Waals surface area (Å²) in [5.74, 6) is -0.270. The van der Waals surface area contributed by atoms with E-state index in [4.69, 9.17) is 10.8 Å². The number of carbonyl (C=O) groups is 1. The second-order valence-electron chi connectivity index (χ2n) is 3.46. The number of anilines is 1. The van der Waals surface area contributed by atoms with Crippen molar-refractivity contribution in [1.82, 2.24) is 10.3 Å². The van der Waals surface area contributed by atoms with Crippen molar-refractivity contribution in [2.45, 2.75) is 20.0 Å². The molecule has 0 aliphatic carbocycles. The van der Waals surface area contributed by atoms with E-state index >= 15 is 0 Å². The summed E-state index contributed by atoms with van der Waals surface area (Å²) in [6, 6.07) is 1.57. The maximum Gasteiger partial charge on any atom is 0.253 e. The van der Waals surface area contributed by atoms with Crippen LogP contribution in [-0.4, -0.2) is 28.6 Å². The fourth-order valence-corrected chi connectivity index (χ4v) is 1.11. The molecule has 1 unspecified atom stereocenters. The summed E-state index contributed by atoms with van der Waals surface area (Å²) in [6.45, 7) is 3.55. The Hall–Kier alpha value is -1.62. The van der Waals surface area contributed by atoms with Gasteiger partial charge in [0.1, 0.15) is 0 Å². The quantitative estimate of drug-likeness (QED) is 0.658. The minimum atomic E-state index is -0.566. The van der Waals surface area contributed by atoms with E-state index in [9.17, 15) is 4.79 Å². The Bertz CT molecular complexity index is 364. The highest BCUT2D eigenvalue weighted by Gasteiger charge is 2.10. The fraction of sp³-hybridized carbons (Fsp3) is 0.400. The lowest BCUT2D eigenvalue weighted by molar-refractivity contribution is 0.0923. The standard InChI is InChI=1S/C10H15N3O2/c1-6(14)4-13-10(15)9-3-8(11)5-12-7(9)2/h3,5-6,14H,4,11H2,1-2H3,(H,13,15). The van der Waals surface area contributed by atoms with E-state index in [0.29, 0.717) is 16.9 Å². The molecule has 1 heterocycles. The number of amides is 1. The second kappa shape index (κ2) is 4.75. The number of nitrogens with one attached hydrogen (secondary N) is 1. The van der Waals surface area contributed by atoms with Crippen LogP contribution in [0.2, 0.25) is 0 Å². The first kappa shape index (κ1) is 11.5. The summed E-state index contributed by atoms with van der Waals surface area (Å²) < 4.78 is 0. The summed E-state index contributed by atoms with van der Waals surface area (Å²) in [6.07, 6.45) is 0.934. The molecule has 0 aliphatic heterocycles. The molecule has 1 rings (SSSR count). The Balaban J connectivity index is 2.77. The zero-order chi connectivity index (χ0) is 11.4. The highest BCUT2D eigenvalue weighted by molar-refractivity contribution is 5.95. The predicted molar refractivity (Wildman–Crippen MR) is 57.4 cm³/mol. The van der Waals surface area contributed by atoms with Crippen molar-refractivity contribution in [3.63, 3.8) is 0 Å². The van der Waals surface area contributed by atoms with Crippen LogP contribution in [0.25, 0.3) is 0 Å².